The molecule has 1 aromatic heterocycles. The van der Waals surface area contributed by atoms with Gasteiger partial charge in [0.2, 0.25) is 5.91 Å². The van der Waals surface area contributed by atoms with Crippen molar-refractivity contribution in [1.82, 2.24) is 20.1 Å². The zero-order chi connectivity index (χ0) is 18.5. The summed E-state index contributed by atoms with van der Waals surface area (Å²) in [6.45, 7) is 4.68. The molecule has 1 atom stereocenters. The Bertz CT molecular complexity index is 680. The number of pyridine rings is 1. The van der Waals surface area contributed by atoms with E-state index in [0.717, 1.165) is 19.4 Å². The number of piperazine rings is 1. The van der Waals surface area contributed by atoms with Gasteiger partial charge in [-0.2, -0.15) is 0 Å². The molecule has 26 heavy (non-hydrogen) atoms. The molecule has 140 valence electrons. The van der Waals surface area contributed by atoms with Gasteiger partial charge >= 0.3 is 0 Å². The van der Waals surface area contributed by atoms with Crippen molar-refractivity contribution < 1.29 is 19.1 Å². The molecule has 2 saturated heterocycles. The number of rotatable bonds is 4. The van der Waals surface area contributed by atoms with E-state index in [9.17, 15) is 14.4 Å². The molecule has 8 heteroatoms. The molecule has 3 amide bonds. The van der Waals surface area contributed by atoms with Crippen molar-refractivity contribution in [2.75, 3.05) is 39.3 Å². The molecule has 0 aromatic carbocycles. The lowest BCUT2D eigenvalue weighted by Gasteiger charge is -2.34. The lowest BCUT2D eigenvalue weighted by Crippen LogP contribution is -2.50. The first-order valence-corrected chi connectivity index (χ1v) is 8.96. The van der Waals surface area contributed by atoms with Gasteiger partial charge in [0.05, 0.1) is 6.10 Å². The van der Waals surface area contributed by atoms with Gasteiger partial charge in [0.1, 0.15) is 11.4 Å². The molecule has 8 nitrogen and oxygen atoms in total. The van der Waals surface area contributed by atoms with Crippen molar-refractivity contribution in [1.29, 1.82) is 0 Å². The fraction of sp³-hybridized carbons (Fsp3) is 0.556. The van der Waals surface area contributed by atoms with Crippen molar-refractivity contribution >= 4 is 17.7 Å². The Hall–Kier alpha value is -2.48. The quantitative estimate of drug-likeness (QED) is 0.834. The molecular weight excluding hydrogens is 336 g/mol. The number of aromatic nitrogens is 1. The maximum absolute atomic E-state index is 12.6. The zero-order valence-corrected chi connectivity index (χ0v) is 14.9. The highest BCUT2D eigenvalue weighted by molar-refractivity contribution is 5.96. The van der Waals surface area contributed by atoms with Crippen LogP contribution in [0.4, 0.5) is 0 Å². The number of nitrogens with zero attached hydrogens (tertiary/aromatic N) is 3. The Morgan fingerprint density at radius 2 is 1.85 bits per heavy atom. The molecule has 3 heterocycles. The van der Waals surface area contributed by atoms with Gasteiger partial charge in [-0.15, -0.1) is 0 Å². The fourth-order valence-corrected chi connectivity index (χ4v) is 3.17. The topological polar surface area (TPSA) is 91.8 Å². The summed E-state index contributed by atoms with van der Waals surface area (Å²) in [6.07, 6.45) is 2.01. The summed E-state index contributed by atoms with van der Waals surface area (Å²) in [4.78, 5) is 43.9. The van der Waals surface area contributed by atoms with Crippen LogP contribution in [0.2, 0.25) is 0 Å². The van der Waals surface area contributed by atoms with Gasteiger partial charge < -0.3 is 19.9 Å². The van der Waals surface area contributed by atoms with E-state index in [2.05, 4.69) is 10.3 Å². The van der Waals surface area contributed by atoms with Gasteiger partial charge in [-0.1, -0.05) is 6.07 Å². The third kappa shape index (κ3) is 4.37. The molecule has 0 aliphatic carbocycles. The first-order chi connectivity index (χ1) is 12.5. The predicted octanol–water partition coefficient (Wildman–Crippen LogP) is 0.295. The Kier molecular flexibility index (Phi) is 5.82. The average Bonchev–Trinajstić information content (AvgIpc) is 3.19. The van der Waals surface area contributed by atoms with E-state index in [0.29, 0.717) is 32.7 Å². The number of amides is 3. The van der Waals surface area contributed by atoms with Crippen LogP contribution < -0.4 is 5.32 Å². The molecule has 2 aliphatic heterocycles. The second kappa shape index (κ2) is 8.27. The molecule has 0 spiro atoms. The van der Waals surface area contributed by atoms with E-state index in [1.807, 2.05) is 0 Å². The van der Waals surface area contributed by atoms with Crippen molar-refractivity contribution in [2.45, 2.75) is 25.9 Å². The first kappa shape index (κ1) is 18.3. The van der Waals surface area contributed by atoms with Crippen LogP contribution in [0.15, 0.2) is 18.2 Å². The minimum atomic E-state index is -0.309. The van der Waals surface area contributed by atoms with Crippen LogP contribution in [0, 0.1) is 0 Å². The molecule has 1 N–H and O–H groups in total. The Labute approximate surface area is 152 Å². The number of hydrogen-bond acceptors (Lipinski definition) is 5. The summed E-state index contributed by atoms with van der Waals surface area (Å²) in [5.74, 6) is -0.515. The molecule has 1 aromatic rings. The van der Waals surface area contributed by atoms with Gasteiger partial charge in [-0.3, -0.25) is 14.4 Å². The molecule has 1 unspecified atom stereocenters. The summed E-state index contributed by atoms with van der Waals surface area (Å²) >= 11 is 0. The average molecular weight is 360 g/mol. The number of nitrogens with one attached hydrogen (secondary N) is 1. The summed E-state index contributed by atoms with van der Waals surface area (Å²) in [5, 5.41) is 2.81. The van der Waals surface area contributed by atoms with Crippen molar-refractivity contribution in [2.24, 2.45) is 0 Å². The highest BCUT2D eigenvalue weighted by Gasteiger charge is 2.24. The van der Waals surface area contributed by atoms with Gasteiger partial charge in [-0.25, -0.2) is 4.98 Å². The molecule has 0 radical (unpaired) electrons. The van der Waals surface area contributed by atoms with Crippen LogP contribution in [0.25, 0.3) is 0 Å². The maximum Gasteiger partial charge on any atom is 0.272 e. The van der Waals surface area contributed by atoms with E-state index in [4.69, 9.17) is 4.74 Å². The van der Waals surface area contributed by atoms with Crippen LogP contribution in [-0.4, -0.2) is 77.9 Å². The SMILES string of the molecule is CC(=O)N1CCN(C(=O)c2cccc(C(=O)NCC3CCCO3)n2)CC1. The van der Waals surface area contributed by atoms with Gasteiger partial charge in [-0.05, 0) is 25.0 Å². The molecule has 2 aliphatic rings. The van der Waals surface area contributed by atoms with Crippen LogP contribution in [0.3, 0.4) is 0 Å². The molecular formula is C18H24N4O4. The third-order valence-electron chi connectivity index (χ3n) is 4.73. The second-order valence-corrected chi connectivity index (χ2v) is 6.55. The lowest BCUT2D eigenvalue weighted by molar-refractivity contribution is -0.130. The normalized spacial score (nSPS) is 20.1. The van der Waals surface area contributed by atoms with Crippen LogP contribution in [0.5, 0.6) is 0 Å². The summed E-state index contributed by atoms with van der Waals surface area (Å²) < 4.78 is 5.48. The minimum absolute atomic E-state index is 0.0140. The highest BCUT2D eigenvalue weighted by Crippen LogP contribution is 2.11. The van der Waals surface area contributed by atoms with Crippen LogP contribution in [0.1, 0.15) is 40.7 Å². The number of hydrogen-bond donors (Lipinski definition) is 1. The smallest absolute Gasteiger partial charge is 0.272 e. The molecule has 3 rings (SSSR count). The number of ether oxygens (including phenoxy) is 1. The van der Waals surface area contributed by atoms with Crippen molar-refractivity contribution in [3.8, 4) is 0 Å². The van der Waals surface area contributed by atoms with E-state index < -0.39 is 0 Å². The largest absolute Gasteiger partial charge is 0.376 e. The van der Waals surface area contributed by atoms with Gasteiger partial charge in [0.15, 0.2) is 0 Å². The molecule has 2 fully saturated rings. The van der Waals surface area contributed by atoms with Crippen molar-refractivity contribution in [3.63, 3.8) is 0 Å². The fourth-order valence-electron chi connectivity index (χ4n) is 3.17. The number of carbonyl (C=O) groups excluding carboxylic acids is 3. The highest BCUT2D eigenvalue weighted by atomic mass is 16.5. The van der Waals surface area contributed by atoms with E-state index in [1.54, 1.807) is 28.0 Å². The van der Waals surface area contributed by atoms with Gasteiger partial charge in [0, 0.05) is 46.3 Å². The summed E-state index contributed by atoms with van der Waals surface area (Å²) in [6, 6.07) is 4.86. The predicted molar refractivity (Wildman–Crippen MR) is 93.7 cm³/mol. The second-order valence-electron chi connectivity index (χ2n) is 6.55. The minimum Gasteiger partial charge on any atom is -0.376 e. The van der Waals surface area contributed by atoms with Crippen LogP contribution >= 0.6 is 0 Å². The van der Waals surface area contributed by atoms with E-state index >= 15 is 0 Å². The third-order valence-corrected chi connectivity index (χ3v) is 4.73. The first-order valence-electron chi connectivity index (χ1n) is 8.96. The zero-order valence-electron chi connectivity index (χ0n) is 14.9. The Morgan fingerprint density at radius 1 is 1.15 bits per heavy atom. The standard InChI is InChI=1S/C18H24N4O4/c1-13(23)21-7-9-22(10-8-21)18(25)16-6-2-5-15(20-16)17(24)19-12-14-4-3-11-26-14/h2,5-6,14H,3-4,7-12H2,1H3,(H,19,24). The monoisotopic (exact) mass is 360 g/mol. The van der Waals surface area contributed by atoms with Gasteiger partial charge in [0.25, 0.3) is 11.8 Å². The molecule has 0 saturated carbocycles. The lowest BCUT2D eigenvalue weighted by atomic mass is 10.2. The summed E-state index contributed by atoms with van der Waals surface area (Å²) in [7, 11) is 0. The molecule has 0 bridgehead atoms. The van der Waals surface area contributed by atoms with E-state index in [1.165, 1.54) is 6.92 Å². The van der Waals surface area contributed by atoms with E-state index in [-0.39, 0.29) is 35.2 Å². The Morgan fingerprint density at radius 3 is 2.50 bits per heavy atom. The Balaban J connectivity index is 1.58. The summed E-state index contributed by atoms with van der Waals surface area (Å²) in [5.41, 5.74) is 0.460. The van der Waals surface area contributed by atoms with Crippen LogP contribution in [-0.2, 0) is 9.53 Å². The maximum atomic E-state index is 12.6. The van der Waals surface area contributed by atoms with Crippen molar-refractivity contribution in [3.05, 3.63) is 29.6 Å². The number of carbonyl (C=O) groups is 3.